The maximum atomic E-state index is 14.3. The highest BCUT2D eigenvalue weighted by Crippen LogP contribution is 2.36. The first-order valence-corrected chi connectivity index (χ1v) is 10.8. The molecule has 0 unspecified atom stereocenters. The van der Waals surface area contributed by atoms with Gasteiger partial charge in [-0.1, -0.05) is 0 Å². The smallest absolute Gasteiger partial charge is 0.335 e. The molecular formula is C21H25Cl2FN4O4S. The minimum absolute atomic E-state index is 0. The van der Waals surface area contributed by atoms with Crippen LogP contribution in [-0.4, -0.2) is 54.0 Å². The van der Waals surface area contributed by atoms with Gasteiger partial charge >= 0.3 is 5.97 Å². The molecule has 0 radical (unpaired) electrons. The third-order valence-corrected chi connectivity index (χ3v) is 6.78. The molecule has 3 N–H and O–H groups in total. The van der Waals surface area contributed by atoms with Crippen molar-refractivity contribution in [1.82, 2.24) is 13.9 Å². The van der Waals surface area contributed by atoms with E-state index in [0.29, 0.717) is 27.7 Å². The van der Waals surface area contributed by atoms with Gasteiger partial charge in [0.25, 0.3) is 0 Å². The van der Waals surface area contributed by atoms with Gasteiger partial charge in [-0.25, -0.2) is 21.9 Å². The van der Waals surface area contributed by atoms with Crippen molar-refractivity contribution in [1.29, 1.82) is 0 Å². The Balaban J connectivity index is 0.00000272. The Morgan fingerprint density at radius 1 is 1.24 bits per heavy atom. The zero-order valence-corrected chi connectivity index (χ0v) is 20.6. The molecule has 2 aromatic heterocycles. The van der Waals surface area contributed by atoms with Gasteiger partial charge in [0.15, 0.2) is 0 Å². The molecule has 180 valence electrons. The van der Waals surface area contributed by atoms with E-state index < -0.39 is 21.8 Å². The first-order chi connectivity index (χ1) is 14.6. The Morgan fingerprint density at radius 2 is 1.91 bits per heavy atom. The Bertz CT molecular complexity index is 1310. The number of hydrogen-bond donors (Lipinski definition) is 2. The summed E-state index contributed by atoms with van der Waals surface area (Å²) in [5, 5.41) is 9.98. The molecule has 2 heterocycles. The SMILES string of the molecule is Cc1c(-c2cncc(S(=O)(=O)N(C)C)c2)c2cc(C(=O)O)ccc2n1C/C(F)=C/CN.Cl.Cl. The van der Waals surface area contributed by atoms with E-state index >= 15 is 0 Å². The number of aromatic nitrogens is 2. The maximum absolute atomic E-state index is 14.3. The molecule has 0 fully saturated rings. The topological polar surface area (TPSA) is 119 Å². The summed E-state index contributed by atoms with van der Waals surface area (Å²) in [5.74, 6) is -1.53. The number of pyridine rings is 1. The molecule has 0 bridgehead atoms. The summed E-state index contributed by atoms with van der Waals surface area (Å²) in [7, 11) is -0.885. The number of rotatable bonds is 7. The zero-order valence-electron chi connectivity index (χ0n) is 18.1. The minimum Gasteiger partial charge on any atom is -0.478 e. The molecule has 0 aliphatic heterocycles. The van der Waals surface area contributed by atoms with Gasteiger partial charge in [0.05, 0.1) is 12.1 Å². The summed E-state index contributed by atoms with van der Waals surface area (Å²) in [6.45, 7) is 1.72. The van der Waals surface area contributed by atoms with Gasteiger partial charge in [-0.15, -0.1) is 24.8 Å². The van der Waals surface area contributed by atoms with Gasteiger partial charge in [-0.3, -0.25) is 4.98 Å². The largest absolute Gasteiger partial charge is 0.478 e. The summed E-state index contributed by atoms with van der Waals surface area (Å²) in [5.41, 5.74) is 7.78. The van der Waals surface area contributed by atoms with Gasteiger partial charge in [0, 0.05) is 60.8 Å². The van der Waals surface area contributed by atoms with Crippen LogP contribution in [-0.2, 0) is 16.6 Å². The first kappa shape index (κ1) is 28.5. The third-order valence-electron chi connectivity index (χ3n) is 5.00. The zero-order chi connectivity index (χ0) is 22.9. The van der Waals surface area contributed by atoms with Gasteiger partial charge in [-0.05, 0) is 37.3 Å². The maximum Gasteiger partial charge on any atom is 0.335 e. The van der Waals surface area contributed by atoms with E-state index in [0.717, 1.165) is 4.31 Å². The number of carboxylic acids is 1. The van der Waals surface area contributed by atoms with Crippen LogP contribution in [0.15, 0.2) is 53.5 Å². The normalized spacial score (nSPS) is 11.9. The molecule has 0 saturated heterocycles. The van der Waals surface area contributed by atoms with Crippen LogP contribution in [0.4, 0.5) is 4.39 Å². The average molecular weight is 519 g/mol. The molecular weight excluding hydrogens is 494 g/mol. The second-order valence-electron chi connectivity index (χ2n) is 7.17. The van der Waals surface area contributed by atoms with Gasteiger partial charge in [0.2, 0.25) is 10.0 Å². The van der Waals surface area contributed by atoms with E-state index in [4.69, 9.17) is 5.73 Å². The van der Waals surface area contributed by atoms with E-state index in [1.165, 1.54) is 50.8 Å². The highest BCUT2D eigenvalue weighted by molar-refractivity contribution is 7.89. The van der Waals surface area contributed by atoms with Crippen molar-refractivity contribution in [2.75, 3.05) is 20.6 Å². The van der Waals surface area contributed by atoms with Crippen LogP contribution in [0, 0.1) is 6.92 Å². The molecule has 3 rings (SSSR count). The van der Waals surface area contributed by atoms with E-state index in [-0.39, 0.29) is 48.4 Å². The Morgan fingerprint density at radius 3 is 2.48 bits per heavy atom. The predicted molar refractivity (Wildman–Crippen MR) is 130 cm³/mol. The molecule has 0 spiro atoms. The van der Waals surface area contributed by atoms with Crippen molar-refractivity contribution in [2.24, 2.45) is 5.73 Å². The Labute approximate surface area is 203 Å². The number of nitrogens with two attached hydrogens (primary N) is 1. The molecule has 0 aliphatic carbocycles. The lowest BCUT2D eigenvalue weighted by atomic mass is 10.0. The number of fused-ring (bicyclic) bond motifs is 1. The molecule has 8 nitrogen and oxygen atoms in total. The Kier molecular flexibility index (Phi) is 9.58. The number of nitrogens with zero attached hydrogens (tertiary/aromatic N) is 3. The molecule has 33 heavy (non-hydrogen) atoms. The number of hydrogen-bond acceptors (Lipinski definition) is 5. The molecule has 1 aromatic carbocycles. The van der Waals surface area contributed by atoms with Crippen molar-refractivity contribution in [3.05, 3.63) is 59.8 Å². The van der Waals surface area contributed by atoms with Gasteiger partial charge < -0.3 is 15.4 Å². The number of sulfonamides is 1. The van der Waals surface area contributed by atoms with Crippen molar-refractivity contribution in [3.8, 4) is 11.1 Å². The van der Waals surface area contributed by atoms with Crippen LogP contribution in [0.1, 0.15) is 16.1 Å². The fraction of sp³-hybridized carbons (Fsp3) is 0.238. The standard InChI is InChI=1S/C21H23FN4O4S.2ClH/c1-13-20(15-8-17(11-24-10-15)31(29,30)25(2)3)18-9-14(21(27)28)4-5-19(18)26(13)12-16(22)6-7-23;;/h4-6,8-11H,7,12,23H2,1-3H3,(H,27,28);2*1H/b16-6-;;. The summed E-state index contributed by atoms with van der Waals surface area (Å²) >= 11 is 0. The quantitative estimate of drug-likeness (QED) is 0.493. The minimum atomic E-state index is -3.73. The second-order valence-corrected chi connectivity index (χ2v) is 9.32. The molecule has 0 amide bonds. The fourth-order valence-corrected chi connectivity index (χ4v) is 4.33. The lowest BCUT2D eigenvalue weighted by Crippen LogP contribution is -2.22. The van der Waals surface area contributed by atoms with Crippen LogP contribution in [0.2, 0.25) is 0 Å². The van der Waals surface area contributed by atoms with Crippen molar-refractivity contribution >= 4 is 51.7 Å². The molecule has 3 aromatic rings. The van der Waals surface area contributed by atoms with E-state index in [1.54, 1.807) is 17.6 Å². The lowest BCUT2D eigenvalue weighted by molar-refractivity contribution is 0.0697. The van der Waals surface area contributed by atoms with Gasteiger partial charge in [0.1, 0.15) is 10.7 Å². The van der Waals surface area contributed by atoms with Crippen molar-refractivity contribution in [3.63, 3.8) is 0 Å². The van der Waals surface area contributed by atoms with Crippen molar-refractivity contribution in [2.45, 2.75) is 18.4 Å². The molecule has 0 saturated carbocycles. The van der Waals surface area contributed by atoms with Crippen LogP contribution < -0.4 is 5.73 Å². The molecule has 0 aliphatic rings. The third kappa shape index (κ3) is 5.53. The summed E-state index contributed by atoms with van der Waals surface area (Å²) < 4.78 is 42.2. The first-order valence-electron chi connectivity index (χ1n) is 9.36. The van der Waals surface area contributed by atoms with Crippen LogP contribution in [0.5, 0.6) is 0 Å². The van der Waals surface area contributed by atoms with Crippen LogP contribution in [0.25, 0.3) is 22.0 Å². The highest BCUT2D eigenvalue weighted by atomic mass is 35.5. The van der Waals surface area contributed by atoms with Crippen molar-refractivity contribution < 1.29 is 22.7 Å². The molecule has 12 heteroatoms. The number of aromatic carboxylic acids is 1. The number of carbonyl (C=O) groups is 1. The van der Waals surface area contributed by atoms with Crippen LogP contribution >= 0.6 is 24.8 Å². The number of benzene rings is 1. The fourth-order valence-electron chi connectivity index (χ4n) is 3.43. The summed E-state index contributed by atoms with van der Waals surface area (Å²) in [6.07, 6.45) is 4.02. The summed E-state index contributed by atoms with van der Waals surface area (Å²) in [4.78, 5) is 15.6. The highest BCUT2D eigenvalue weighted by Gasteiger charge is 2.22. The number of halogens is 3. The number of carboxylic acid groups (broad SMARTS) is 1. The monoisotopic (exact) mass is 518 g/mol. The van der Waals surface area contributed by atoms with Gasteiger partial charge in [-0.2, -0.15) is 0 Å². The van der Waals surface area contributed by atoms with E-state index in [9.17, 15) is 22.7 Å². The van der Waals surface area contributed by atoms with E-state index in [2.05, 4.69) is 4.98 Å². The molecule has 0 atom stereocenters. The number of allylic oxidation sites excluding steroid dienone is 1. The van der Waals surface area contributed by atoms with Crippen LogP contribution in [0.3, 0.4) is 0 Å². The average Bonchev–Trinajstić information content (AvgIpc) is 2.99. The second kappa shape index (κ2) is 11.1. The lowest BCUT2D eigenvalue weighted by Gasteiger charge is -2.12. The van der Waals surface area contributed by atoms with E-state index in [1.807, 2.05) is 0 Å². The summed E-state index contributed by atoms with van der Waals surface area (Å²) in [6, 6.07) is 6.03. The Hall–Kier alpha value is -2.50. The predicted octanol–water partition coefficient (Wildman–Crippen LogP) is 3.62.